The Morgan fingerprint density at radius 3 is 2.88 bits per heavy atom. The minimum atomic E-state index is -0.995. The van der Waals surface area contributed by atoms with Gasteiger partial charge in [0.2, 0.25) is 5.88 Å². The average molecular weight is 225 g/mol. The fourth-order valence-corrected chi connectivity index (χ4v) is 1.05. The van der Waals surface area contributed by atoms with Gasteiger partial charge in [-0.05, 0) is 19.9 Å². The third kappa shape index (κ3) is 4.27. The van der Waals surface area contributed by atoms with Crippen LogP contribution in [0.2, 0.25) is 0 Å². The Hall–Kier alpha value is -1.62. The summed E-state index contributed by atoms with van der Waals surface area (Å²) in [6, 6.07) is 2.80. The summed E-state index contributed by atoms with van der Waals surface area (Å²) in [6.07, 6.45) is 1.56. The largest absolute Gasteiger partial charge is 0.478 e. The number of carboxylic acid groups (broad SMARTS) is 1. The highest BCUT2D eigenvalue weighted by Crippen LogP contribution is 2.09. The molecule has 88 valence electrons. The highest BCUT2D eigenvalue weighted by molar-refractivity contribution is 5.87. The molecule has 0 aliphatic carbocycles. The second-order valence-electron chi connectivity index (χ2n) is 3.46. The zero-order valence-corrected chi connectivity index (χ0v) is 9.34. The van der Waals surface area contributed by atoms with Gasteiger partial charge in [0.15, 0.2) is 0 Å². The molecule has 0 bridgehead atoms. The number of pyridine rings is 1. The Bertz CT molecular complexity index is 352. The molecule has 0 aliphatic heterocycles. The molecule has 1 N–H and O–H groups in total. The summed E-state index contributed by atoms with van der Waals surface area (Å²) in [7, 11) is 0. The van der Waals surface area contributed by atoms with E-state index in [2.05, 4.69) is 4.98 Å². The van der Waals surface area contributed by atoms with Gasteiger partial charge in [0.05, 0.1) is 18.3 Å². The first-order valence-electron chi connectivity index (χ1n) is 5.03. The minimum Gasteiger partial charge on any atom is -0.478 e. The highest BCUT2D eigenvalue weighted by atomic mass is 16.5. The number of rotatable bonds is 6. The van der Waals surface area contributed by atoms with Gasteiger partial charge < -0.3 is 14.6 Å². The summed E-state index contributed by atoms with van der Waals surface area (Å²) < 4.78 is 10.5. The first kappa shape index (κ1) is 12.4. The van der Waals surface area contributed by atoms with E-state index in [4.69, 9.17) is 14.6 Å². The van der Waals surface area contributed by atoms with Crippen LogP contribution < -0.4 is 4.74 Å². The lowest BCUT2D eigenvalue weighted by Gasteiger charge is -2.08. The fraction of sp³-hybridized carbons (Fsp3) is 0.455. The lowest BCUT2D eigenvalue weighted by Crippen LogP contribution is -2.12. The van der Waals surface area contributed by atoms with Crippen LogP contribution in [0.25, 0.3) is 0 Å². The Morgan fingerprint density at radius 2 is 2.25 bits per heavy atom. The Balaban J connectivity index is 2.42. The maximum atomic E-state index is 10.7. The van der Waals surface area contributed by atoms with Crippen LogP contribution in [0.4, 0.5) is 0 Å². The maximum absolute atomic E-state index is 10.7. The molecule has 1 aromatic heterocycles. The van der Waals surface area contributed by atoms with E-state index in [1.807, 2.05) is 13.8 Å². The number of aromatic carboxylic acids is 1. The van der Waals surface area contributed by atoms with Crippen molar-refractivity contribution in [3.8, 4) is 5.88 Å². The Morgan fingerprint density at radius 1 is 1.50 bits per heavy atom. The van der Waals surface area contributed by atoms with Crippen molar-refractivity contribution in [1.29, 1.82) is 0 Å². The Labute approximate surface area is 94.0 Å². The molecule has 0 atom stereocenters. The number of ether oxygens (including phenoxy) is 2. The number of nitrogens with zero attached hydrogens (tertiary/aromatic N) is 1. The molecule has 0 saturated heterocycles. The molecule has 5 nitrogen and oxygen atoms in total. The molecule has 0 aliphatic rings. The molecule has 5 heteroatoms. The highest BCUT2D eigenvalue weighted by Gasteiger charge is 2.04. The van der Waals surface area contributed by atoms with E-state index >= 15 is 0 Å². The van der Waals surface area contributed by atoms with Crippen LogP contribution in [0.5, 0.6) is 5.88 Å². The van der Waals surface area contributed by atoms with Gasteiger partial charge in [0.25, 0.3) is 0 Å². The standard InChI is InChI=1S/C11H15NO4/c1-8(2)15-5-6-16-10-7-9(11(13)14)3-4-12-10/h3-4,7-8H,5-6H2,1-2H3,(H,13,14). The summed E-state index contributed by atoms with van der Waals surface area (Å²) >= 11 is 0. The SMILES string of the molecule is CC(C)OCCOc1cc(C(=O)O)ccn1. The van der Waals surface area contributed by atoms with Crippen LogP contribution in [-0.4, -0.2) is 35.4 Å². The van der Waals surface area contributed by atoms with Crippen molar-refractivity contribution < 1.29 is 19.4 Å². The smallest absolute Gasteiger partial charge is 0.335 e. The van der Waals surface area contributed by atoms with E-state index < -0.39 is 5.97 Å². The number of carbonyl (C=O) groups is 1. The first-order valence-corrected chi connectivity index (χ1v) is 5.03. The first-order chi connectivity index (χ1) is 7.59. The summed E-state index contributed by atoms with van der Waals surface area (Å²) in [6.45, 7) is 4.68. The molecule has 1 aromatic rings. The third-order valence-electron chi connectivity index (χ3n) is 1.77. The van der Waals surface area contributed by atoms with Gasteiger partial charge in [-0.3, -0.25) is 0 Å². The predicted octanol–water partition coefficient (Wildman–Crippen LogP) is 1.58. The van der Waals surface area contributed by atoms with Crippen molar-refractivity contribution in [1.82, 2.24) is 4.98 Å². The molecule has 0 amide bonds. The van der Waals surface area contributed by atoms with Gasteiger partial charge >= 0.3 is 5.97 Å². The van der Waals surface area contributed by atoms with Crippen LogP contribution in [0, 0.1) is 0 Å². The normalized spacial score (nSPS) is 10.4. The molecule has 0 fully saturated rings. The quantitative estimate of drug-likeness (QED) is 0.744. The van der Waals surface area contributed by atoms with Crippen LogP contribution in [-0.2, 0) is 4.74 Å². The van der Waals surface area contributed by atoms with Crippen molar-refractivity contribution >= 4 is 5.97 Å². The molecule has 0 radical (unpaired) electrons. The molecular formula is C11H15NO4. The second-order valence-corrected chi connectivity index (χ2v) is 3.46. The lowest BCUT2D eigenvalue weighted by atomic mass is 10.3. The van der Waals surface area contributed by atoms with E-state index in [1.54, 1.807) is 0 Å². The molecule has 1 rings (SSSR count). The molecule has 0 spiro atoms. The van der Waals surface area contributed by atoms with Gasteiger partial charge in [-0.15, -0.1) is 0 Å². The third-order valence-corrected chi connectivity index (χ3v) is 1.77. The van der Waals surface area contributed by atoms with Crippen LogP contribution in [0.1, 0.15) is 24.2 Å². The molecule has 16 heavy (non-hydrogen) atoms. The van der Waals surface area contributed by atoms with E-state index in [-0.39, 0.29) is 11.7 Å². The number of carboxylic acids is 1. The average Bonchev–Trinajstić information content (AvgIpc) is 2.24. The maximum Gasteiger partial charge on any atom is 0.335 e. The van der Waals surface area contributed by atoms with Crippen molar-refractivity contribution in [2.45, 2.75) is 20.0 Å². The van der Waals surface area contributed by atoms with Crippen molar-refractivity contribution in [3.63, 3.8) is 0 Å². The monoisotopic (exact) mass is 225 g/mol. The zero-order valence-electron chi connectivity index (χ0n) is 9.34. The van der Waals surface area contributed by atoms with Crippen LogP contribution >= 0.6 is 0 Å². The van der Waals surface area contributed by atoms with E-state index in [9.17, 15) is 4.79 Å². The fourth-order valence-electron chi connectivity index (χ4n) is 1.05. The summed E-state index contributed by atoms with van der Waals surface area (Å²) in [5, 5.41) is 8.75. The molecule has 0 saturated carbocycles. The zero-order chi connectivity index (χ0) is 12.0. The second kappa shape index (κ2) is 6.07. The summed E-state index contributed by atoms with van der Waals surface area (Å²) in [4.78, 5) is 14.6. The van der Waals surface area contributed by atoms with Crippen molar-refractivity contribution in [2.24, 2.45) is 0 Å². The lowest BCUT2D eigenvalue weighted by molar-refractivity contribution is 0.0542. The van der Waals surface area contributed by atoms with Crippen molar-refractivity contribution in [3.05, 3.63) is 23.9 Å². The van der Waals surface area contributed by atoms with Gasteiger partial charge in [-0.25, -0.2) is 9.78 Å². The molecule has 0 aromatic carbocycles. The summed E-state index contributed by atoms with van der Waals surface area (Å²) in [5.41, 5.74) is 0.162. The topological polar surface area (TPSA) is 68.7 Å². The summed E-state index contributed by atoms with van der Waals surface area (Å²) in [5.74, 6) is -0.696. The Kier molecular flexibility index (Phi) is 4.72. The number of hydrogen-bond donors (Lipinski definition) is 1. The van der Waals surface area contributed by atoms with E-state index in [0.29, 0.717) is 19.1 Å². The van der Waals surface area contributed by atoms with Gasteiger partial charge in [-0.2, -0.15) is 0 Å². The van der Waals surface area contributed by atoms with Crippen molar-refractivity contribution in [2.75, 3.05) is 13.2 Å². The van der Waals surface area contributed by atoms with Gasteiger partial charge in [0.1, 0.15) is 6.61 Å². The molecule has 1 heterocycles. The number of aromatic nitrogens is 1. The predicted molar refractivity (Wildman–Crippen MR) is 57.8 cm³/mol. The molecular weight excluding hydrogens is 210 g/mol. The number of hydrogen-bond acceptors (Lipinski definition) is 4. The molecule has 0 unspecified atom stereocenters. The van der Waals surface area contributed by atoms with E-state index in [1.165, 1.54) is 18.3 Å². The van der Waals surface area contributed by atoms with Crippen LogP contribution in [0.15, 0.2) is 18.3 Å². The van der Waals surface area contributed by atoms with Gasteiger partial charge in [-0.1, -0.05) is 0 Å². The van der Waals surface area contributed by atoms with Crippen LogP contribution in [0.3, 0.4) is 0 Å². The minimum absolute atomic E-state index is 0.155. The van der Waals surface area contributed by atoms with Gasteiger partial charge in [0, 0.05) is 12.3 Å². The van der Waals surface area contributed by atoms with E-state index in [0.717, 1.165) is 0 Å².